The first kappa shape index (κ1) is 43.7. The van der Waals surface area contributed by atoms with Crippen molar-refractivity contribution in [3.8, 4) is 0 Å². The molecule has 8 atom stereocenters. The van der Waals surface area contributed by atoms with Gasteiger partial charge in [-0.2, -0.15) is 0 Å². The number of esters is 1. The van der Waals surface area contributed by atoms with E-state index < -0.39 is 30.0 Å². The van der Waals surface area contributed by atoms with Crippen molar-refractivity contribution in [2.24, 2.45) is 29.6 Å². The minimum absolute atomic E-state index is 0.0134. The maximum atomic E-state index is 14.3. The van der Waals surface area contributed by atoms with Crippen LogP contribution in [0.25, 0.3) is 0 Å². The molecule has 1 saturated heterocycles. The highest BCUT2D eigenvalue weighted by atomic mass is 16.5. The number of Topliss-reactive ketones (excluding diaryl/α,β-unsaturated/α-hetero) is 1. The summed E-state index contributed by atoms with van der Waals surface area (Å²) in [5.41, 5.74) is 1.89. The number of aryl methyl sites for hydroxylation is 1. The second kappa shape index (κ2) is 21.3. The van der Waals surface area contributed by atoms with Crippen LogP contribution >= 0.6 is 0 Å². The highest BCUT2D eigenvalue weighted by molar-refractivity contribution is 5.86. The first-order valence-corrected chi connectivity index (χ1v) is 19.4. The topological polar surface area (TPSA) is 128 Å². The average Bonchev–Trinajstić information content (AvgIpc) is 3.65. The predicted molar refractivity (Wildman–Crippen MR) is 205 cm³/mol. The van der Waals surface area contributed by atoms with E-state index in [0.717, 1.165) is 30.5 Å². The van der Waals surface area contributed by atoms with Crippen molar-refractivity contribution in [3.63, 3.8) is 0 Å². The molecule has 0 aliphatic carbocycles. The zero-order valence-corrected chi connectivity index (χ0v) is 33.7. The summed E-state index contributed by atoms with van der Waals surface area (Å²) in [5, 5.41) is 0. The zero-order valence-electron chi connectivity index (χ0n) is 33.7. The smallest absolute Gasteiger partial charge is 0.309 e. The van der Waals surface area contributed by atoms with E-state index in [-0.39, 0.29) is 60.3 Å². The number of aromatic nitrogens is 2. The Bertz CT molecular complexity index is 1470. The summed E-state index contributed by atoms with van der Waals surface area (Å²) in [4.78, 5) is 67.7. The molecule has 0 spiro atoms. The number of hydrogen-bond donors (Lipinski definition) is 0. The Hall–Kier alpha value is -3.70. The predicted octanol–water partition coefficient (Wildman–Crippen LogP) is 5.77. The normalized spacial score (nSPS) is 18.5. The molecule has 0 radical (unpaired) electrons. The minimum atomic E-state index is -0.625. The molecule has 11 nitrogen and oxygen atoms in total. The molecular weight excluding hydrogens is 672 g/mol. The van der Waals surface area contributed by atoms with Gasteiger partial charge >= 0.3 is 5.97 Å². The highest BCUT2D eigenvalue weighted by Crippen LogP contribution is 2.31. The fourth-order valence-electron chi connectivity index (χ4n) is 7.88. The molecule has 53 heavy (non-hydrogen) atoms. The van der Waals surface area contributed by atoms with Gasteiger partial charge in [0.25, 0.3) is 0 Å². The average molecular weight is 737 g/mol. The summed E-state index contributed by atoms with van der Waals surface area (Å²) in [6.07, 6.45) is 4.59. The minimum Gasteiger partial charge on any atom is -0.469 e. The molecule has 11 heteroatoms. The van der Waals surface area contributed by atoms with Crippen LogP contribution in [0.4, 0.5) is 0 Å². The fraction of sp³-hybridized carbons (Fsp3) is 0.667. The van der Waals surface area contributed by atoms with Crippen molar-refractivity contribution < 1.29 is 33.4 Å². The van der Waals surface area contributed by atoms with Crippen LogP contribution < -0.4 is 0 Å². The molecule has 0 saturated carbocycles. The molecule has 294 valence electrons. The zero-order chi connectivity index (χ0) is 39.2. The van der Waals surface area contributed by atoms with Gasteiger partial charge in [0.2, 0.25) is 11.8 Å². The van der Waals surface area contributed by atoms with Crippen LogP contribution in [0.1, 0.15) is 90.7 Å². The molecule has 0 unspecified atom stereocenters. The molecule has 1 fully saturated rings. The number of methoxy groups -OCH3 is 3. The molecule has 1 aliphatic heterocycles. The van der Waals surface area contributed by atoms with Crippen LogP contribution in [0.3, 0.4) is 0 Å². The van der Waals surface area contributed by atoms with Crippen molar-refractivity contribution in [1.82, 2.24) is 19.8 Å². The van der Waals surface area contributed by atoms with Gasteiger partial charge in [-0.3, -0.25) is 19.2 Å². The second-order valence-corrected chi connectivity index (χ2v) is 15.0. The Balaban J connectivity index is 1.78. The van der Waals surface area contributed by atoms with Gasteiger partial charge in [-0.1, -0.05) is 78.3 Å². The van der Waals surface area contributed by atoms with Crippen molar-refractivity contribution in [3.05, 3.63) is 59.7 Å². The first-order chi connectivity index (χ1) is 25.3. The number of likely N-dealkylation sites (N-methyl/N-ethyl adjacent to an activating group) is 1. The lowest BCUT2D eigenvalue weighted by molar-refractivity contribution is -0.149. The Morgan fingerprint density at radius 3 is 2.23 bits per heavy atom. The van der Waals surface area contributed by atoms with E-state index in [4.69, 9.17) is 14.2 Å². The number of nitrogens with zero attached hydrogens (tertiary/aromatic N) is 4. The number of likely N-dealkylation sites (tertiary alicyclic amines) is 1. The van der Waals surface area contributed by atoms with E-state index in [1.807, 2.05) is 76.0 Å². The first-order valence-electron chi connectivity index (χ1n) is 19.4. The lowest BCUT2D eigenvalue weighted by Crippen LogP contribution is -2.54. The second-order valence-electron chi connectivity index (χ2n) is 15.0. The summed E-state index contributed by atoms with van der Waals surface area (Å²) < 4.78 is 17.1. The molecule has 0 bridgehead atoms. The van der Waals surface area contributed by atoms with E-state index in [1.165, 1.54) is 7.11 Å². The fourth-order valence-corrected chi connectivity index (χ4v) is 7.88. The van der Waals surface area contributed by atoms with Gasteiger partial charge < -0.3 is 24.0 Å². The monoisotopic (exact) mass is 736 g/mol. The Labute approximate surface area is 317 Å². The Morgan fingerprint density at radius 2 is 1.64 bits per heavy atom. The van der Waals surface area contributed by atoms with Crippen LogP contribution in [-0.2, 0) is 52.7 Å². The molecule has 3 rings (SSSR count). The Kier molecular flexibility index (Phi) is 17.5. The third-order valence-corrected chi connectivity index (χ3v) is 11.3. The number of benzene rings is 1. The molecule has 1 aliphatic rings. The van der Waals surface area contributed by atoms with E-state index >= 15 is 0 Å². The van der Waals surface area contributed by atoms with Crippen molar-refractivity contribution >= 4 is 23.6 Å². The lowest BCUT2D eigenvalue weighted by Gasteiger charge is -2.40. The van der Waals surface area contributed by atoms with Gasteiger partial charge in [0, 0.05) is 64.4 Å². The molecule has 0 N–H and O–H groups in total. The molecule has 2 amide bonds. The van der Waals surface area contributed by atoms with Crippen LogP contribution in [0.5, 0.6) is 0 Å². The summed E-state index contributed by atoms with van der Waals surface area (Å²) >= 11 is 0. The SMILES string of the molecule is CCc1ccnc(C[C@H](C(=O)N(C)[C@@H]([C@@H](C)CC)[C@@H](CC(=O)N2CCC[C@H]2[C@H](OC)[C@@H](C)C(=O)C[C@@H](Cc2ccccc2)C(=O)OC)OC)C(C)C)n1. The van der Waals surface area contributed by atoms with Crippen LogP contribution in [-0.4, -0.2) is 103 Å². The van der Waals surface area contributed by atoms with E-state index in [9.17, 15) is 19.2 Å². The molecule has 1 aromatic heterocycles. The van der Waals surface area contributed by atoms with Gasteiger partial charge in [0.1, 0.15) is 11.6 Å². The maximum Gasteiger partial charge on any atom is 0.309 e. The molecular formula is C42H64N4O7. The van der Waals surface area contributed by atoms with Crippen molar-refractivity contribution in [1.29, 1.82) is 0 Å². The maximum absolute atomic E-state index is 14.3. The Morgan fingerprint density at radius 1 is 0.943 bits per heavy atom. The summed E-state index contributed by atoms with van der Waals surface area (Å²) in [6, 6.07) is 10.8. The van der Waals surface area contributed by atoms with E-state index in [0.29, 0.717) is 31.6 Å². The lowest BCUT2D eigenvalue weighted by atomic mass is 9.85. The summed E-state index contributed by atoms with van der Waals surface area (Å²) in [5.74, 6) is -1.45. The molecule has 1 aromatic carbocycles. The van der Waals surface area contributed by atoms with Gasteiger partial charge in [0.15, 0.2) is 0 Å². The van der Waals surface area contributed by atoms with Crippen LogP contribution in [0.2, 0.25) is 0 Å². The van der Waals surface area contributed by atoms with Gasteiger partial charge in [-0.25, -0.2) is 9.97 Å². The third-order valence-electron chi connectivity index (χ3n) is 11.3. The van der Waals surface area contributed by atoms with Crippen molar-refractivity contribution in [2.45, 2.75) is 117 Å². The van der Waals surface area contributed by atoms with Crippen molar-refractivity contribution in [2.75, 3.05) is 34.9 Å². The van der Waals surface area contributed by atoms with Crippen LogP contribution in [0, 0.1) is 29.6 Å². The largest absolute Gasteiger partial charge is 0.469 e. The van der Waals surface area contributed by atoms with E-state index in [1.54, 1.807) is 25.3 Å². The summed E-state index contributed by atoms with van der Waals surface area (Å²) in [7, 11) is 6.33. The number of ether oxygens (including phenoxy) is 3. The number of ketones is 1. The third kappa shape index (κ3) is 11.6. The highest BCUT2D eigenvalue weighted by Gasteiger charge is 2.43. The number of amides is 2. The van der Waals surface area contributed by atoms with E-state index in [2.05, 4.69) is 23.8 Å². The molecule has 2 aromatic rings. The number of carbonyl (C=O) groups is 4. The molecule has 2 heterocycles. The van der Waals surface area contributed by atoms with Gasteiger partial charge in [-0.15, -0.1) is 0 Å². The van der Waals surface area contributed by atoms with Gasteiger partial charge in [0.05, 0.1) is 43.7 Å². The standard InChI is InChI=1S/C42H64N4O7/c1-11-28(5)39(45(7)41(49)33(27(3)4)25-37-43-21-20-32(12-2)44-37)36(51-8)26-38(48)46-22-16-19-34(46)40(52-9)29(6)35(47)24-31(42(50)53-10)23-30-17-14-13-15-18-30/h13-15,17-18,20-21,27-29,31,33-34,36,39-40H,11-12,16,19,22-26H2,1-10H3/t28-,29-,31+,33-,34-,36+,39-,40+/m0/s1. The number of rotatable bonds is 21. The van der Waals surface area contributed by atoms with Gasteiger partial charge in [-0.05, 0) is 49.1 Å². The number of carbonyl (C=O) groups excluding carboxylic acids is 4. The number of hydrogen-bond acceptors (Lipinski definition) is 9. The van der Waals surface area contributed by atoms with Crippen LogP contribution in [0.15, 0.2) is 42.6 Å². The summed E-state index contributed by atoms with van der Waals surface area (Å²) in [6.45, 7) is 12.7. The quantitative estimate of drug-likeness (QED) is 0.147.